The molecular weight excluding hydrogens is 208 g/mol. The van der Waals surface area contributed by atoms with Gasteiger partial charge in [0.25, 0.3) is 0 Å². The molecule has 1 fully saturated rings. The van der Waals surface area contributed by atoms with E-state index in [-0.39, 0.29) is 0 Å². The molecule has 90 valence electrons. The third-order valence-electron chi connectivity index (χ3n) is 3.19. The van der Waals surface area contributed by atoms with Crippen LogP contribution in [0.1, 0.15) is 37.8 Å². The summed E-state index contributed by atoms with van der Waals surface area (Å²) in [4.78, 5) is 2.44. The standard InChI is InChI=1S/C15H20N2/c1-11(2)10-17(14-7-8-14)15-12(3)5-4-6-13(15)9-16/h4-6,11,14H,7-8,10H2,1-3H3. The van der Waals surface area contributed by atoms with Gasteiger partial charge in [-0.25, -0.2) is 0 Å². The van der Waals surface area contributed by atoms with Gasteiger partial charge in [-0.05, 0) is 37.3 Å². The largest absolute Gasteiger partial charge is 0.367 e. The molecule has 0 unspecified atom stereocenters. The molecule has 1 aliphatic carbocycles. The highest BCUT2D eigenvalue weighted by Gasteiger charge is 2.31. The van der Waals surface area contributed by atoms with Gasteiger partial charge in [-0.2, -0.15) is 5.26 Å². The molecule has 0 aromatic heterocycles. The molecule has 1 aromatic carbocycles. The first-order valence-corrected chi connectivity index (χ1v) is 6.40. The zero-order valence-corrected chi connectivity index (χ0v) is 10.9. The SMILES string of the molecule is Cc1cccc(C#N)c1N(CC(C)C)C1CC1. The maximum absolute atomic E-state index is 9.25. The maximum Gasteiger partial charge on any atom is 0.101 e. The van der Waals surface area contributed by atoms with Crippen molar-refractivity contribution in [2.24, 2.45) is 5.92 Å². The normalized spacial score (nSPS) is 14.8. The summed E-state index contributed by atoms with van der Waals surface area (Å²) in [5, 5.41) is 9.25. The molecule has 0 spiro atoms. The second kappa shape index (κ2) is 4.79. The molecule has 0 N–H and O–H groups in total. The topological polar surface area (TPSA) is 27.0 Å². The summed E-state index contributed by atoms with van der Waals surface area (Å²) in [7, 11) is 0. The average molecular weight is 228 g/mol. The van der Waals surface area contributed by atoms with E-state index in [1.165, 1.54) is 18.4 Å². The Hall–Kier alpha value is -1.49. The highest BCUT2D eigenvalue weighted by Crippen LogP contribution is 2.35. The molecule has 0 bridgehead atoms. The number of anilines is 1. The Kier molecular flexibility index (Phi) is 3.38. The first kappa shape index (κ1) is 12.0. The summed E-state index contributed by atoms with van der Waals surface area (Å²) < 4.78 is 0. The van der Waals surface area contributed by atoms with Crippen LogP contribution < -0.4 is 4.90 Å². The van der Waals surface area contributed by atoms with E-state index < -0.39 is 0 Å². The first-order chi connectivity index (χ1) is 8.13. The smallest absolute Gasteiger partial charge is 0.101 e. The van der Waals surface area contributed by atoms with Gasteiger partial charge in [0.2, 0.25) is 0 Å². The molecule has 2 nitrogen and oxygen atoms in total. The van der Waals surface area contributed by atoms with Gasteiger partial charge in [-0.3, -0.25) is 0 Å². The number of rotatable bonds is 4. The third kappa shape index (κ3) is 2.61. The van der Waals surface area contributed by atoms with Gasteiger partial charge in [0, 0.05) is 12.6 Å². The number of hydrogen-bond donors (Lipinski definition) is 0. The lowest BCUT2D eigenvalue weighted by atomic mass is 10.1. The molecule has 1 aliphatic rings. The Morgan fingerprint density at radius 1 is 1.41 bits per heavy atom. The Morgan fingerprint density at radius 2 is 2.12 bits per heavy atom. The van der Waals surface area contributed by atoms with Crippen LogP contribution in [0, 0.1) is 24.2 Å². The van der Waals surface area contributed by atoms with Crippen molar-refractivity contribution >= 4 is 5.69 Å². The lowest BCUT2D eigenvalue weighted by molar-refractivity contribution is 0.606. The van der Waals surface area contributed by atoms with Crippen molar-refractivity contribution in [3.05, 3.63) is 29.3 Å². The fraction of sp³-hybridized carbons (Fsp3) is 0.533. The van der Waals surface area contributed by atoms with Crippen LogP contribution in [0.25, 0.3) is 0 Å². The van der Waals surface area contributed by atoms with Crippen LogP contribution in [0.3, 0.4) is 0 Å². The molecule has 0 atom stereocenters. The fourth-order valence-electron chi connectivity index (χ4n) is 2.33. The number of hydrogen-bond acceptors (Lipinski definition) is 2. The van der Waals surface area contributed by atoms with Gasteiger partial charge in [-0.15, -0.1) is 0 Å². The van der Waals surface area contributed by atoms with Crippen molar-refractivity contribution in [3.63, 3.8) is 0 Å². The summed E-state index contributed by atoms with van der Waals surface area (Å²) >= 11 is 0. The van der Waals surface area contributed by atoms with Crippen molar-refractivity contribution in [2.75, 3.05) is 11.4 Å². The van der Waals surface area contributed by atoms with E-state index in [2.05, 4.69) is 37.8 Å². The van der Waals surface area contributed by atoms with Gasteiger partial charge >= 0.3 is 0 Å². The molecule has 2 heteroatoms. The summed E-state index contributed by atoms with van der Waals surface area (Å²) in [5.74, 6) is 0.627. The molecule has 1 saturated carbocycles. The summed E-state index contributed by atoms with van der Waals surface area (Å²) in [6, 6.07) is 8.99. The Bertz CT molecular complexity index is 439. The maximum atomic E-state index is 9.25. The minimum atomic E-state index is 0.627. The second-order valence-corrected chi connectivity index (χ2v) is 5.36. The van der Waals surface area contributed by atoms with Crippen LogP contribution in [-0.4, -0.2) is 12.6 Å². The van der Waals surface area contributed by atoms with Gasteiger partial charge in [0.05, 0.1) is 11.3 Å². The van der Waals surface area contributed by atoms with Crippen molar-refractivity contribution in [2.45, 2.75) is 39.7 Å². The number of nitriles is 1. The molecule has 0 aliphatic heterocycles. The Morgan fingerprint density at radius 3 is 2.65 bits per heavy atom. The van der Waals surface area contributed by atoms with E-state index in [4.69, 9.17) is 0 Å². The number of nitrogens with zero attached hydrogens (tertiary/aromatic N) is 2. The van der Waals surface area contributed by atoms with E-state index >= 15 is 0 Å². The van der Waals surface area contributed by atoms with Gasteiger partial charge in [-0.1, -0.05) is 26.0 Å². The predicted molar refractivity (Wildman–Crippen MR) is 71.1 cm³/mol. The van der Waals surface area contributed by atoms with Gasteiger partial charge in [0.1, 0.15) is 6.07 Å². The highest BCUT2D eigenvalue weighted by molar-refractivity contribution is 5.65. The minimum Gasteiger partial charge on any atom is -0.367 e. The van der Waals surface area contributed by atoms with Crippen LogP contribution in [0.15, 0.2) is 18.2 Å². The van der Waals surface area contributed by atoms with Gasteiger partial charge in [0.15, 0.2) is 0 Å². The van der Waals surface area contributed by atoms with E-state index in [1.807, 2.05) is 12.1 Å². The summed E-state index contributed by atoms with van der Waals surface area (Å²) in [5.41, 5.74) is 3.19. The van der Waals surface area contributed by atoms with Crippen molar-refractivity contribution in [1.82, 2.24) is 0 Å². The quantitative estimate of drug-likeness (QED) is 0.788. The third-order valence-corrected chi connectivity index (χ3v) is 3.19. The molecule has 1 aromatic rings. The van der Waals surface area contributed by atoms with Crippen LogP contribution >= 0.6 is 0 Å². The Balaban J connectivity index is 2.38. The van der Waals surface area contributed by atoms with Crippen LogP contribution in [0.5, 0.6) is 0 Å². The minimum absolute atomic E-state index is 0.627. The van der Waals surface area contributed by atoms with Crippen molar-refractivity contribution < 1.29 is 0 Å². The molecule has 0 amide bonds. The molecule has 0 heterocycles. The molecule has 17 heavy (non-hydrogen) atoms. The van der Waals surface area contributed by atoms with Crippen LogP contribution in [0.4, 0.5) is 5.69 Å². The van der Waals surface area contributed by atoms with E-state index in [0.29, 0.717) is 12.0 Å². The van der Waals surface area contributed by atoms with Crippen LogP contribution in [-0.2, 0) is 0 Å². The number of para-hydroxylation sites is 1. The average Bonchev–Trinajstić information content (AvgIpc) is 3.09. The fourth-order valence-corrected chi connectivity index (χ4v) is 2.33. The lowest BCUT2D eigenvalue weighted by Gasteiger charge is -2.29. The molecule has 0 saturated heterocycles. The predicted octanol–water partition coefficient (Wildman–Crippen LogP) is 3.49. The van der Waals surface area contributed by atoms with Crippen molar-refractivity contribution in [3.8, 4) is 6.07 Å². The zero-order chi connectivity index (χ0) is 12.4. The Labute approximate surface area is 104 Å². The number of aryl methyl sites for hydroxylation is 1. The first-order valence-electron chi connectivity index (χ1n) is 6.40. The summed E-state index contributed by atoms with van der Waals surface area (Å²) in [6.07, 6.45) is 2.54. The molecular formula is C15H20N2. The van der Waals surface area contributed by atoms with E-state index in [9.17, 15) is 5.26 Å². The van der Waals surface area contributed by atoms with E-state index in [0.717, 1.165) is 17.8 Å². The second-order valence-electron chi connectivity index (χ2n) is 5.36. The molecule has 2 rings (SSSR count). The van der Waals surface area contributed by atoms with Gasteiger partial charge < -0.3 is 4.90 Å². The zero-order valence-electron chi connectivity index (χ0n) is 10.9. The van der Waals surface area contributed by atoms with Crippen LogP contribution in [0.2, 0.25) is 0 Å². The number of benzene rings is 1. The lowest BCUT2D eigenvalue weighted by Crippen LogP contribution is -2.31. The monoisotopic (exact) mass is 228 g/mol. The summed E-state index contributed by atoms with van der Waals surface area (Å²) in [6.45, 7) is 7.62. The van der Waals surface area contributed by atoms with Crippen molar-refractivity contribution in [1.29, 1.82) is 5.26 Å². The molecule has 0 radical (unpaired) electrons. The highest BCUT2D eigenvalue weighted by atomic mass is 15.2. The van der Waals surface area contributed by atoms with E-state index in [1.54, 1.807) is 0 Å².